The Morgan fingerprint density at radius 3 is 2.28 bits per heavy atom. The predicted molar refractivity (Wildman–Crippen MR) is 104 cm³/mol. The number of nitrogens with zero attached hydrogens (tertiary/aromatic N) is 1. The Morgan fingerprint density at radius 1 is 0.966 bits per heavy atom. The fourth-order valence-corrected chi connectivity index (χ4v) is 2.62. The number of methoxy groups -OCH3 is 1. The van der Waals surface area contributed by atoms with Gasteiger partial charge in [0.25, 0.3) is 17.4 Å². The van der Waals surface area contributed by atoms with Crippen LogP contribution in [0.4, 0.5) is 4.39 Å². The van der Waals surface area contributed by atoms with Gasteiger partial charge in [-0.3, -0.25) is 25.2 Å². The molecule has 0 unspecified atom stereocenters. The number of halogens is 1. The molecule has 0 fully saturated rings. The Hall–Kier alpha value is -3.94. The number of rotatable bonds is 5. The van der Waals surface area contributed by atoms with E-state index in [9.17, 15) is 18.8 Å². The van der Waals surface area contributed by atoms with Crippen LogP contribution >= 0.6 is 0 Å². The molecular weight excluding hydrogens is 377 g/mol. The average molecular weight is 395 g/mol. The first-order valence-corrected chi connectivity index (χ1v) is 8.66. The lowest BCUT2D eigenvalue weighted by Gasteiger charge is -2.10. The molecule has 29 heavy (non-hydrogen) atoms. The number of hydrogen-bond donors (Lipinski definition) is 2. The molecule has 148 valence electrons. The van der Waals surface area contributed by atoms with E-state index in [1.54, 1.807) is 42.5 Å². The summed E-state index contributed by atoms with van der Waals surface area (Å²) in [6, 6.07) is 14.9. The fourth-order valence-electron chi connectivity index (χ4n) is 2.62. The zero-order valence-electron chi connectivity index (χ0n) is 15.5. The van der Waals surface area contributed by atoms with Gasteiger partial charge in [0.2, 0.25) is 0 Å². The number of pyridine rings is 1. The Kier molecular flexibility index (Phi) is 6.03. The lowest BCUT2D eigenvalue weighted by molar-refractivity contribution is 0.0845. The second-order valence-corrected chi connectivity index (χ2v) is 6.12. The van der Waals surface area contributed by atoms with Gasteiger partial charge in [0, 0.05) is 11.8 Å². The fraction of sp³-hybridized carbons (Fsp3) is 0.0952. The Balaban J connectivity index is 1.68. The highest BCUT2D eigenvalue weighted by Crippen LogP contribution is 2.11. The number of carbonyl (C=O) groups excluding carboxylic acids is 2. The molecule has 2 aromatic carbocycles. The number of hydrazine groups is 1. The van der Waals surface area contributed by atoms with Crippen LogP contribution < -0.4 is 21.1 Å². The van der Waals surface area contributed by atoms with Crippen LogP contribution in [0.1, 0.15) is 26.3 Å². The highest BCUT2D eigenvalue weighted by molar-refractivity contribution is 5.98. The van der Waals surface area contributed by atoms with Gasteiger partial charge in [0.15, 0.2) is 0 Å². The minimum Gasteiger partial charge on any atom is -0.497 e. The van der Waals surface area contributed by atoms with E-state index in [-0.39, 0.29) is 17.9 Å². The number of ether oxygens (including phenoxy) is 1. The maximum atomic E-state index is 13.0. The van der Waals surface area contributed by atoms with Crippen molar-refractivity contribution in [1.29, 1.82) is 0 Å². The summed E-state index contributed by atoms with van der Waals surface area (Å²) in [4.78, 5) is 37.0. The summed E-state index contributed by atoms with van der Waals surface area (Å²) in [6.07, 6.45) is 1.53. The van der Waals surface area contributed by atoms with Gasteiger partial charge < -0.3 is 9.30 Å². The second-order valence-electron chi connectivity index (χ2n) is 6.12. The normalized spacial score (nSPS) is 10.3. The first-order valence-electron chi connectivity index (χ1n) is 8.66. The van der Waals surface area contributed by atoms with Gasteiger partial charge in [0.1, 0.15) is 17.1 Å². The quantitative estimate of drug-likeness (QED) is 0.648. The first kappa shape index (κ1) is 19.8. The number of nitrogens with one attached hydrogen (secondary N) is 2. The van der Waals surface area contributed by atoms with Crippen molar-refractivity contribution in [2.75, 3.05) is 7.11 Å². The molecule has 0 spiro atoms. The van der Waals surface area contributed by atoms with Gasteiger partial charge >= 0.3 is 0 Å². The largest absolute Gasteiger partial charge is 0.497 e. The molecule has 0 aliphatic heterocycles. The topological polar surface area (TPSA) is 89.4 Å². The molecule has 0 saturated carbocycles. The summed E-state index contributed by atoms with van der Waals surface area (Å²) in [5, 5.41) is 0. The molecule has 0 radical (unpaired) electrons. The predicted octanol–water partition coefficient (Wildman–Crippen LogP) is 2.12. The van der Waals surface area contributed by atoms with Gasteiger partial charge in [-0.25, -0.2) is 4.39 Å². The summed E-state index contributed by atoms with van der Waals surface area (Å²) < 4.78 is 19.4. The highest BCUT2D eigenvalue weighted by atomic mass is 19.1. The van der Waals surface area contributed by atoms with Gasteiger partial charge in [0.05, 0.1) is 13.7 Å². The summed E-state index contributed by atoms with van der Waals surface area (Å²) in [5.74, 6) is -1.06. The van der Waals surface area contributed by atoms with Crippen molar-refractivity contribution in [3.05, 3.63) is 99.7 Å². The number of hydrogen-bond acceptors (Lipinski definition) is 4. The zero-order chi connectivity index (χ0) is 20.8. The third-order valence-electron chi connectivity index (χ3n) is 4.17. The molecule has 1 heterocycles. The average Bonchev–Trinajstić information content (AvgIpc) is 2.75. The van der Waals surface area contributed by atoms with Gasteiger partial charge in [-0.05, 0) is 54.1 Å². The van der Waals surface area contributed by atoms with Crippen LogP contribution in [-0.2, 0) is 6.54 Å². The van der Waals surface area contributed by atoms with Crippen LogP contribution in [0.25, 0.3) is 0 Å². The minimum atomic E-state index is -0.745. The van der Waals surface area contributed by atoms with Crippen LogP contribution in [0.2, 0.25) is 0 Å². The number of benzene rings is 2. The van der Waals surface area contributed by atoms with Gasteiger partial charge in [-0.15, -0.1) is 0 Å². The molecule has 0 saturated heterocycles. The van der Waals surface area contributed by atoms with Gasteiger partial charge in [-0.2, -0.15) is 0 Å². The molecule has 7 nitrogen and oxygen atoms in total. The monoisotopic (exact) mass is 395 g/mol. The molecule has 0 atom stereocenters. The van der Waals surface area contributed by atoms with Crippen LogP contribution in [0, 0.1) is 5.82 Å². The van der Waals surface area contributed by atoms with Crippen molar-refractivity contribution in [1.82, 2.24) is 15.4 Å². The Labute approximate surface area is 165 Å². The van der Waals surface area contributed by atoms with Crippen molar-refractivity contribution in [2.24, 2.45) is 0 Å². The number of aromatic nitrogens is 1. The van der Waals surface area contributed by atoms with E-state index in [2.05, 4.69) is 10.9 Å². The molecule has 0 bridgehead atoms. The van der Waals surface area contributed by atoms with E-state index in [0.29, 0.717) is 16.9 Å². The minimum absolute atomic E-state index is 0.135. The molecular formula is C21H18FN3O4. The standard InChI is InChI=1S/C21H18FN3O4/c1-29-17-10-6-15(7-11-17)19(26)23-24-20(27)18-3-2-12-25(21(18)28)13-14-4-8-16(22)9-5-14/h2-12H,13H2,1H3,(H,23,26)(H,24,27). The Bertz CT molecular complexity index is 1080. The molecule has 2 N–H and O–H groups in total. The summed E-state index contributed by atoms with van der Waals surface area (Å²) >= 11 is 0. The van der Waals surface area contributed by atoms with E-state index in [1.165, 1.54) is 36.1 Å². The molecule has 8 heteroatoms. The van der Waals surface area contributed by atoms with E-state index in [0.717, 1.165) is 0 Å². The summed E-state index contributed by atoms with van der Waals surface area (Å²) in [6.45, 7) is 0.179. The molecule has 3 rings (SSSR count). The summed E-state index contributed by atoms with van der Waals surface area (Å²) in [5.41, 5.74) is 4.85. The molecule has 1 aromatic heterocycles. The maximum absolute atomic E-state index is 13.0. The third-order valence-corrected chi connectivity index (χ3v) is 4.17. The molecule has 2 amide bonds. The molecule has 0 aliphatic carbocycles. The highest BCUT2D eigenvalue weighted by Gasteiger charge is 2.14. The number of carbonyl (C=O) groups is 2. The summed E-state index contributed by atoms with van der Waals surface area (Å²) in [7, 11) is 1.51. The van der Waals surface area contributed by atoms with Crippen molar-refractivity contribution < 1.29 is 18.7 Å². The van der Waals surface area contributed by atoms with Crippen molar-refractivity contribution in [2.45, 2.75) is 6.54 Å². The zero-order valence-corrected chi connectivity index (χ0v) is 15.5. The van der Waals surface area contributed by atoms with Gasteiger partial charge in [-0.1, -0.05) is 12.1 Å². The number of amides is 2. The van der Waals surface area contributed by atoms with Crippen LogP contribution in [0.15, 0.2) is 71.7 Å². The van der Waals surface area contributed by atoms with Crippen LogP contribution in [0.5, 0.6) is 5.75 Å². The van der Waals surface area contributed by atoms with Crippen molar-refractivity contribution in [3.8, 4) is 5.75 Å². The van der Waals surface area contributed by atoms with Crippen LogP contribution in [0.3, 0.4) is 0 Å². The lowest BCUT2D eigenvalue weighted by Crippen LogP contribution is -2.44. The van der Waals surface area contributed by atoms with E-state index < -0.39 is 17.4 Å². The Morgan fingerprint density at radius 2 is 1.62 bits per heavy atom. The van der Waals surface area contributed by atoms with Crippen molar-refractivity contribution in [3.63, 3.8) is 0 Å². The van der Waals surface area contributed by atoms with Crippen molar-refractivity contribution >= 4 is 11.8 Å². The first-order chi connectivity index (χ1) is 14.0. The second kappa shape index (κ2) is 8.83. The van der Waals surface area contributed by atoms with E-state index >= 15 is 0 Å². The molecule has 3 aromatic rings. The molecule has 0 aliphatic rings. The maximum Gasteiger partial charge on any atom is 0.275 e. The lowest BCUT2D eigenvalue weighted by atomic mass is 10.2. The SMILES string of the molecule is COc1ccc(C(=O)NNC(=O)c2cccn(Cc3ccc(F)cc3)c2=O)cc1. The van der Waals surface area contributed by atoms with E-state index in [4.69, 9.17) is 4.74 Å². The third kappa shape index (κ3) is 4.86. The van der Waals surface area contributed by atoms with Crippen LogP contribution in [-0.4, -0.2) is 23.5 Å². The smallest absolute Gasteiger partial charge is 0.275 e. The van der Waals surface area contributed by atoms with E-state index in [1.807, 2.05) is 0 Å².